The molecule has 0 spiro atoms. The number of hydrogen-bond acceptors (Lipinski definition) is 4. The lowest BCUT2D eigenvalue weighted by molar-refractivity contribution is 0.0527. The minimum absolute atomic E-state index is 0.259. The van der Waals surface area contributed by atoms with Gasteiger partial charge in [0.1, 0.15) is 6.23 Å². The number of anilines is 1. The zero-order valence-corrected chi connectivity index (χ0v) is 11.3. The number of carbonyl (C=O) groups excluding carboxylic acids is 2. The van der Waals surface area contributed by atoms with Gasteiger partial charge >= 0.3 is 12.0 Å². The van der Waals surface area contributed by atoms with Crippen molar-refractivity contribution in [3.63, 3.8) is 0 Å². The van der Waals surface area contributed by atoms with E-state index in [9.17, 15) is 9.59 Å². The SMILES string of the molecule is CCOC(=O)c1ccccc1NC(=O)NC1CCCO1. The smallest absolute Gasteiger partial charge is 0.340 e. The Morgan fingerprint density at radius 3 is 2.90 bits per heavy atom. The number of urea groups is 1. The third kappa shape index (κ3) is 3.71. The van der Waals surface area contributed by atoms with Crippen molar-refractivity contribution in [3.05, 3.63) is 29.8 Å². The van der Waals surface area contributed by atoms with Crippen molar-refractivity contribution in [1.29, 1.82) is 0 Å². The van der Waals surface area contributed by atoms with E-state index in [1.54, 1.807) is 31.2 Å². The van der Waals surface area contributed by atoms with Crippen LogP contribution in [-0.2, 0) is 9.47 Å². The molecule has 1 saturated heterocycles. The first kappa shape index (κ1) is 14.3. The molecule has 1 atom stereocenters. The summed E-state index contributed by atoms with van der Waals surface area (Å²) < 4.78 is 10.3. The van der Waals surface area contributed by atoms with Gasteiger partial charge in [-0.05, 0) is 31.9 Å². The summed E-state index contributed by atoms with van der Waals surface area (Å²) in [5, 5.41) is 5.35. The van der Waals surface area contributed by atoms with Gasteiger partial charge in [-0.1, -0.05) is 12.1 Å². The predicted octanol–water partition coefficient (Wildman–Crippen LogP) is 2.12. The molecule has 2 N–H and O–H groups in total. The predicted molar refractivity (Wildman–Crippen MR) is 73.5 cm³/mol. The molecule has 1 unspecified atom stereocenters. The molecule has 6 nitrogen and oxygen atoms in total. The number of rotatable bonds is 4. The van der Waals surface area contributed by atoms with Gasteiger partial charge in [-0.25, -0.2) is 9.59 Å². The van der Waals surface area contributed by atoms with E-state index in [-0.39, 0.29) is 12.8 Å². The summed E-state index contributed by atoms with van der Waals surface area (Å²) in [5.41, 5.74) is 0.748. The third-order valence-electron chi connectivity index (χ3n) is 2.89. The molecule has 108 valence electrons. The quantitative estimate of drug-likeness (QED) is 0.827. The van der Waals surface area contributed by atoms with Gasteiger partial charge in [0.05, 0.1) is 17.9 Å². The second kappa shape index (κ2) is 6.91. The lowest BCUT2D eigenvalue weighted by Gasteiger charge is -2.14. The van der Waals surface area contributed by atoms with Crippen LogP contribution >= 0.6 is 0 Å². The molecule has 6 heteroatoms. The molecule has 0 saturated carbocycles. The van der Waals surface area contributed by atoms with Crippen molar-refractivity contribution in [2.75, 3.05) is 18.5 Å². The van der Waals surface area contributed by atoms with E-state index >= 15 is 0 Å². The van der Waals surface area contributed by atoms with Gasteiger partial charge in [0.25, 0.3) is 0 Å². The Labute approximate surface area is 117 Å². The van der Waals surface area contributed by atoms with Crippen molar-refractivity contribution >= 4 is 17.7 Å². The van der Waals surface area contributed by atoms with Gasteiger partial charge in [0.15, 0.2) is 0 Å². The van der Waals surface area contributed by atoms with Crippen LogP contribution in [0.15, 0.2) is 24.3 Å². The van der Waals surface area contributed by atoms with E-state index in [0.717, 1.165) is 12.8 Å². The highest BCUT2D eigenvalue weighted by Gasteiger charge is 2.19. The second-order valence-corrected chi connectivity index (χ2v) is 4.37. The average molecular weight is 278 g/mol. The number of amides is 2. The largest absolute Gasteiger partial charge is 0.462 e. The van der Waals surface area contributed by atoms with Crippen LogP contribution in [0.3, 0.4) is 0 Å². The molecule has 0 aliphatic carbocycles. The number of nitrogens with one attached hydrogen (secondary N) is 2. The Hall–Kier alpha value is -2.08. The molecule has 1 heterocycles. The number of esters is 1. The van der Waals surface area contributed by atoms with Gasteiger partial charge < -0.3 is 20.1 Å². The Morgan fingerprint density at radius 1 is 1.40 bits per heavy atom. The highest BCUT2D eigenvalue weighted by molar-refractivity contribution is 6.00. The van der Waals surface area contributed by atoms with E-state index in [1.165, 1.54) is 0 Å². The van der Waals surface area contributed by atoms with Crippen LogP contribution in [0.5, 0.6) is 0 Å². The van der Waals surface area contributed by atoms with Crippen molar-refractivity contribution in [2.45, 2.75) is 26.0 Å². The summed E-state index contributed by atoms with van der Waals surface area (Å²) in [5.74, 6) is -0.458. The van der Waals surface area contributed by atoms with Gasteiger partial charge in [-0.15, -0.1) is 0 Å². The minimum Gasteiger partial charge on any atom is -0.462 e. The molecule has 1 aliphatic rings. The van der Waals surface area contributed by atoms with Gasteiger partial charge in [0.2, 0.25) is 0 Å². The highest BCUT2D eigenvalue weighted by Crippen LogP contribution is 2.16. The van der Waals surface area contributed by atoms with E-state index in [2.05, 4.69) is 10.6 Å². The van der Waals surface area contributed by atoms with Crippen molar-refractivity contribution in [1.82, 2.24) is 5.32 Å². The van der Waals surface area contributed by atoms with Crippen LogP contribution in [0.4, 0.5) is 10.5 Å². The molecule has 1 fully saturated rings. The molecule has 0 bridgehead atoms. The summed E-state index contributed by atoms with van der Waals surface area (Å²) in [7, 11) is 0. The minimum atomic E-state index is -0.458. The maximum absolute atomic E-state index is 11.8. The summed E-state index contributed by atoms with van der Waals surface area (Å²) >= 11 is 0. The normalized spacial score (nSPS) is 17.6. The molecule has 1 aromatic rings. The van der Waals surface area contributed by atoms with Crippen molar-refractivity contribution in [3.8, 4) is 0 Å². The van der Waals surface area contributed by atoms with Crippen LogP contribution < -0.4 is 10.6 Å². The lowest BCUT2D eigenvalue weighted by Crippen LogP contribution is -2.37. The van der Waals surface area contributed by atoms with E-state index in [4.69, 9.17) is 9.47 Å². The van der Waals surface area contributed by atoms with Crippen molar-refractivity contribution in [2.24, 2.45) is 0 Å². The maximum Gasteiger partial charge on any atom is 0.340 e. The number of ether oxygens (including phenoxy) is 2. The van der Waals surface area contributed by atoms with Gasteiger partial charge in [-0.2, -0.15) is 0 Å². The van der Waals surface area contributed by atoms with Gasteiger partial charge in [0, 0.05) is 6.61 Å². The Morgan fingerprint density at radius 2 is 2.20 bits per heavy atom. The summed E-state index contributed by atoms with van der Waals surface area (Å²) in [6.07, 6.45) is 1.47. The molecular weight excluding hydrogens is 260 g/mol. The fourth-order valence-electron chi connectivity index (χ4n) is 1.98. The fraction of sp³-hybridized carbons (Fsp3) is 0.429. The van der Waals surface area contributed by atoms with E-state index < -0.39 is 12.0 Å². The fourth-order valence-corrected chi connectivity index (χ4v) is 1.98. The molecular formula is C14H18N2O4. The molecule has 20 heavy (non-hydrogen) atoms. The van der Waals surface area contributed by atoms with Crippen molar-refractivity contribution < 1.29 is 19.1 Å². The zero-order valence-electron chi connectivity index (χ0n) is 11.3. The molecule has 1 aromatic carbocycles. The standard InChI is InChI=1S/C14H18N2O4/c1-2-19-13(17)10-6-3-4-7-11(10)15-14(18)16-12-8-5-9-20-12/h3-4,6-7,12H,2,5,8-9H2,1H3,(H2,15,16,18). The highest BCUT2D eigenvalue weighted by atomic mass is 16.5. The summed E-state index contributed by atoms with van der Waals surface area (Å²) in [6.45, 7) is 2.68. The molecule has 0 radical (unpaired) electrons. The molecule has 2 rings (SSSR count). The molecule has 1 aliphatic heterocycles. The third-order valence-corrected chi connectivity index (χ3v) is 2.89. The lowest BCUT2D eigenvalue weighted by atomic mass is 10.2. The first-order valence-electron chi connectivity index (χ1n) is 6.66. The van der Waals surface area contributed by atoms with E-state index in [1.807, 2.05) is 0 Å². The second-order valence-electron chi connectivity index (χ2n) is 4.37. The van der Waals surface area contributed by atoms with Crippen LogP contribution in [0, 0.1) is 0 Å². The maximum atomic E-state index is 11.8. The average Bonchev–Trinajstić information content (AvgIpc) is 2.92. The molecule has 0 aromatic heterocycles. The topological polar surface area (TPSA) is 76.7 Å². The number of para-hydroxylation sites is 1. The number of hydrogen-bond donors (Lipinski definition) is 2. The number of benzene rings is 1. The van der Waals surface area contributed by atoms with Gasteiger partial charge in [-0.3, -0.25) is 0 Å². The Bertz CT molecular complexity index is 484. The van der Waals surface area contributed by atoms with Crippen LogP contribution in [0.1, 0.15) is 30.1 Å². The first-order valence-corrected chi connectivity index (χ1v) is 6.66. The van der Waals surface area contributed by atoms with Crippen LogP contribution in [0.2, 0.25) is 0 Å². The monoisotopic (exact) mass is 278 g/mol. The van der Waals surface area contributed by atoms with Crippen LogP contribution in [-0.4, -0.2) is 31.4 Å². The van der Waals surface area contributed by atoms with E-state index in [0.29, 0.717) is 17.9 Å². The Balaban J connectivity index is 2.00. The Kier molecular flexibility index (Phi) is 4.95. The molecule has 2 amide bonds. The first-order chi connectivity index (χ1) is 9.70. The van der Waals surface area contributed by atoms with Crippen LogP contribution in [0.25, 0.3) is 0 Å². The zero-order chi connectivity index (χ0) is 14.4. The number of carbonyl (C=O) groups is 2. The summed E-state index contributed by atoms with van der Waals surface area (Å²) in [6, 6.07) is 6.33. The summed E-state index contributed by atoms with van der Waals surface area (Å²) in [4.78, 5) is 23.6.